The molecule has 0 bridgehead atoms. The van der Waals surface area contributed by atoms with Crippen molar-refractivity contribution in [3.8, 4) is 0 Å². The fourth-order valence-electron chi connectivity index (χ4n) is 2.39. The van der Waals surface area contributed by atoms with E-state index in [2.05, 4.69) is 40.7 Å². The molecule has 0 aliphatic heterocycles. The third-order valence-electron chi connectivity index (χ3n) is 4.21. The van der Waals surface area contributed by atoms with Gasteiger partial charge in [0.1, 0.15) is 0 Å². The highest BCUT2D eigenvalue weighted by Gasteiger charge is 2.32. The van der Waals surface area contributed by atoms with Crippen LogP contribution in [-0.2, 0) is 4.43 Å². The van der Waals surface area contributed by atoms with Gasteiger partial charge in [-0.1, -0.05) is 34.6 Å². The second kappa shape index (κ2) is 5.39. The van der Waals surface area contributed by atoms with E-state index < -0.39 is 8.32 Å². The van der Waals surface area contributed by atoms with Crippen LogP contribution in [0.5, 0.6) is 0 Å². The van der Waals surface area contributed by atoms with E-state index >= 15 is 0 Å². The maximum atomic E-state index is 6.42. The molecule has 0 saturated heterocycles. The molecule has 0 saturated carbocycles. The topological polar surface area (TPSA) is 9.23 Å². The van der Waals surface area contributed by atoms with E-state index in [0.717, 1.165) is 6.42 Å². The highest BCUT2D eigenvalue weighted by molar-refractivity contribution is 6.73. The molecular weight excluding hydrogens is 212 g/mol. The predicted molar refractivity (Wildman–Crippen MR) is 74.0 cm³/mol. The minimum Gasteiger partial charge on any atom is -0.547 e. The van der Waals surface area contributed by atoms with E-state index in [0.29, 0.717) is 5.41 Å². The first-order valence-corrected chi connectivity index (χ1v) is 9.38. The van der Waals surface area contributed by atoms with Crippen LogP contribution in [0.15, 0.2) is 11.8 Å². The second-order valence-corrected chi connectivity index (χ2v) is 10.6. The second-order valence-electron chi connectivity index (χ2n) is 5.88. The minimum absolute atomic E-state index is 0.488. The lowest BCUT2D eigenvalue weighted by Gasteiger charge is -2.35. The summed E-state index contributed by atoms with van der Waals surface area (Å²) in [6.45, 7) is 11.6. The van der Waals surface area contributed by atoms with Gasteiger partial charge in [0.15, 0.2) is 0 Å². The first-order valence-electron chi connectivity index (χ1n) is 6.85. The van der Waals surface area contributed by atoms with Crippen LogP contribution in [0.3, 0.4) is 0 Å². The molecule has 0 atom stereocenters. The third-order valence-corrected chi connectivity index (χ3v) is 8.77. The number of rotatable bonds is 5. The van der Waals surface area contributed by atoms with Crippen LogP contribution in [0, 0.1) is 5.41 Å². The molecule has 1 nitrogen and oxygen atoms in total. The van der Waals surface area contributed by atoms with Crippen molar-refractivity contribution < 1.29 is 4.43 Å². The molecule has 0 spiro atoms. The third kappa shape index (κ3) is 3.37. The summed E-state index contributed by atoms with van der Waals surface area (Å²) in [7, 11) is -1.42. The lowest BCUT2D eigenvalue weighted by molar-refractivity contribution is 0.272. The van der Waals surface area contributed by atoms with Gasteiger partial charge in [-0.3, -0.25) is 0 Å². The van der Waals surface area contributed by atoms with Gasteiger partial charge in [-0.15, -0.1) is 0 Å². The lowest BCUT2D eigenvalue weighted by Crippen LogP contribution is -2.36. The Labute approximate surface area is 102 Å². The van der Waals surface area contributed by atoms with Crippen LogP contribution in [0.1, 0.15) is 53.9 Å². The fraction of sp³-hybridized carbons (Fsp3) is 0.857. The van der Waals surface area contributed by atoms with E-state index in [-0.39, 0.29) is 0 Å². The predicted octanol–water partition coefficient (Wildman–Crippen LogP) is 5.10. The molecule has 0 radical (unpaired) electrons. The first kappa shape index (κ1) is 13.8. The monoisotopic (exact) mass is 240 g/mol. The van der Waals surface area contributed by atoms with E-state index in [1.54, 1.807) is 0 Å². The van der Waals surface area contributed by atoms with Crippen molar-refractivity contribution in [1.29, 1.82) is 0 Å². The SMILES string of the molecule is CC[Si](CC)(CC)OC1=CCC(C)(C)CC1. The average molecular weight is 240 g/mol. The van der Waals surface area contributed by atoms with Crippen LogP contribution in [-0.4, -0.2) is 8.32 Å². The molecule has 0 fully saturated rings. The van der Waals surface area contributed by atoms with Crippen molar-refractivity contribution >= 4 is 8.32 Å². The fourth-order valence-corrected chi connectivity index (χ4v) is 5.07. The standard InChI is InChI=1S/C14H28OSi/c1-6-16(7-2,8-3)15-13-9-11-14(4,5)12-10-13/h9H,6-8,10-12H2,1-5H3. The zero-order valence-corrected chi connectivity index (χ0v) is 12.7. The Kier molecular flexibility index (Phi) is 4.66. The van der Waals surface area contributed by atoms with Gasteiger partial charge >= 0.3 is 0 Å². The Morgan fingerprint density at radius 1 is 1.19 bits per heavy atom. The van der Waals surface area contributed by atoms with Crippen LogP contribution in [0.4, 0.5) is 0 Å². The van der Waals surface area contributed by atoms with Gasteiger partial charge in [0, 0.05) is 6.42 Å². The van der Waals surface area contributed by atoms with Crippen molar-refractivity contribution in [2.45, 2.75) is 72.0 Å². The van der Waals surface area contributed by atoms with Gasteiger partial charge in [-0.2, -0.15) is 0 Å². The summed E-state index contributed by atoms with van der Waals surface area (Å²) in [5.41, 5.74) is 0.488. The molecule has 0 N–H and O–H groups in total. The first-order chi connectivity index (χ1) is 7.47. The normalized spacial score (nSPS) is 20.4. The quantitative estimate of drug-likeness (QED) is 0.607. The Hall–Kier alpha value is -0.243. The van der Waals surface area contributed by atoms with Gasteiger partial charge < -0.3 is 4.43 Å². The van der Waals surface area contributed by atoms with Gasteiger partial charge in [0.25, 0.3) is 0 Å². The molecule has 16 heavy (non-hydrogen) atoms. The van der Waals surface area contributed by atoms with Gasteiger partial charge in [0.05, 0.1) is 5.76 Å². The summed E-state index contributed by atoms with van der Waals surface area (Å²) >= 11 is 0. The summed E-state index contributed by atoms with van der Waals surface area (Å²) < 4.78 is 6.42. The molecule has 1 rings (SSSR count). The summed E-state index contributed by atoms with van der Waals surface area (Å²) in [5, 5.41) is 0. The number of hydrogen-bond acceptors (Lipinski definition) is 1. The molecule has 1 aliphatic carbocycles. The number of allylic oxidation sites excluding steroid dienone is 2. The summed E-state index contributed by atoms with van der Waals surface area (Å²) in [6, 6.07) is 3.75. The molecular formula is C14H28OSi. The van der Waals surface area contributed by atoms with Gasteiger partial charge in [0.2, 0.25) is 8.32 Å². The van der Waals surface area contributed by atoms with Crippen molar-refractivity contribution in [2.75, 3.05) is 0 Å². The van der Waals surface area contributed by atoms with E-state index in [4.69, 9.17) is 4.43 Å². The summed E-state index contributed by atoms with van der Waals surface area (Å²) in [6.07, 6.45) is 5.97. The molecule has 0 unspecified atom stereocenters. The summed E-state index contributed by atoms with van der Waals surface area (Å²) in [4.78, 5) is 0. The van der Waals surface area contributed by atoms with Crippen molar-refractivity contribution in [2.24, 2.45) is 5.41 Å². The largest absolute Gasteiger partial charge is 0.547 e. The van der Waals surface area contributed by atoms with Gasteiger partial charge in [-0.25, -0.2) is 0 Å². The highest BCUT2D eigenvalue weighted by Crippen LogP contribution is 2.36. The Balaban J connectivity index is 2.64. The lowest BCUT2D eigenvalue weighted by atomic mass is 9.80. The molecule has 0 heterocycles. The minimum atomic E-state index is -1.42. The van der Waals surface area contributed by atoms with Crippen LogP contribution in [0.2, 0.25) is 18.1 Å². The van der Waals surface area contributed by atoms with Crippen molar-refractivity contribution in [3.05, 3.63) is 11.8 Å². The molecule has 0 amide bonds. The van der Waals surface area contributed by atoms with E-state index in [9.17, 15) is 0 Å². The zero-order valence-electron chi connectivity index (χ0n) is 11.7. The zero-order chi connectivity index (χ0) is 12.2. The molecule has 94 valence electrons. The van der Waals surface area contributed by atoms with Crippen molar-refractivity contribution in [1.82, 2.24) is 0 Å². The molecule has 0 aromatic heterocycles. The maximum absolute atomic E-state index is 6.42. The van der Waals surface area contributed by atoms with E-state index in [1.165, 1.54) is 36.7 Å². The van der Waals surface area contributed by atoms with Crippen LogP contribution in [0.25, 0.3) is 0 Å². The van der Waals surface area contributed by atoms with E-state index in [1.807, 2.05) is 0 Å². The summed E-state index contributed by atoms with van der Waals surface area (Å²) in [5.74, 6) is 1.30. The molecule has 2 heteroatoms. The molecule has 0 aromatic rings. The van der Waals surface area contributed by atoms with Crippen LogP contribution >= 0.6 is 0 Å². The Morgan fingerprint density at radius 2 is 1.75 bits per heavy atom. The Bertz CT molecular complexity index is 243. The maximum Gasteiger partial charge on any atom is 0.250 e. The number of hydrogen-bond donors (Lipinski definition) is 0. The van der Waals surface area contributed by atoms with Gasteiger partial charge in [-0.05, 0) is 42.5 Å². The highest BCUT2D eigenvalue weighted by atomic mass is 28.4. The smallest absolute Gasteiger partial charge is 0.250 e. The molecule has 0 aromatic carbocycles. The van der Waals surface area contributed by atoms with Crippen molar-refractivity contribution in [3.63, 3.8) is 0 Å². The van der Waals surface area contributed by atoms with Crippen LogP contribution < -0.4 is 0 Å². The average Bonchev–Trinajstić information content (AvgIpc) is 2.29. The Morgan fingerprint density at radius 3 is 2.12 bits per heavy atom. The molecule has 1 aliphatic rings.